The highest BCUT2D eigenvalue weighted by Gasteiger charge is 2.61. The average molecular weight is 711 g/mol. The summed E-state index contributed by atoms with van der Waals surface area (Å²) in [5.41, 5.74) is -2.30. The Morgan fingerprint density at radius 2 is 0.800 bits per heavy atom. The van der Waals surface area contributed by atoms with Gasteiger partial charge in [0.2, 0.25) is 0 Å². The van der Waals surface area contributed by atoms with Crippen molar-refractivity contribution in [3.05, 3.63) is 0 Å². The van der Waals surface area contributed by atoms with Crippen LogP contribution in [-0.2, 0) is 38.8 Å². The van der Waals surface area contributed by atoms with Crippen molar-refractivity contribution < 1.29 is 38.8 Å². The molecule has 0 N–H and O–H groups in total. The van der Waals surface area contributed by atoms with E-state index in [1.165, 1.54) is 10.1 Å². The predicted octanol–water partition coefficient (Wildman–Crippen LogP) is 8.42. The summed E-state index contributed by atoms with van der Waals surface area (Å²) in [4.78, 5) is 0. The molecule has 4 saturated heterocycles. The number of piperidine rings is 2. The molecule has 4 heterocycles. The van der Waals surface area contributed by atoms with Gasteiger partial charge in [0, 0.05) is 60.8 Å². The largest absolute Gasteiger partial charge is 0.381 e. The van der Waals surface area contributed by atoms with Crippen molar-refractivity contribution in [2.75, 3.05) is 52.9 Å². The molecular weight excluding hydrogens is 636 g/mol. The molecule has 10 nitrogen and oxygen atoms in total. The molecule has 0 bridgehead atoms. The minimum Gasteiger partial charge on any atom is -0.381 e. The van der Waals surface area contributed by atoms with Crippen molar-refractivity contribution in [2.24, 2.45) is 10.8 Å². The summed E-state index contributed by atoms with van der Waals surface area (Å²) in [6, 6.07) is 0. The van der Waals surface area contributed by atoms with E-state index in [-0.39, 0.29) is 10.8 Å². The molecule has 4 aliphatic rings. The third-order valence-electron chi connectivity index (χ3n) is 13.4. The van der Waals surface area contributed by atoms with E-state index in [0.717, 1.165) is 77.4 Å². The Labute approximate surface area is 305 Å². The smallest absolute Gasteiger partial charge is 0.172 e. The van der Waals surface area contributed by atoms with Gasteiger partial charge >= 0.3 is 0 Å². The topological polar surface area (TPSA) is 102 Å². The molecule has 0 atom stereocenters. The highest BCUT2D eigenvalue weighted by atomic mass is 16.7. The molecule has 0 unspecified atom stereocenters. The van der Waals surface area contributed by atoms with E-state index in [9.17, 15) is 10.4 Å². The van der Waals surface area contributed by atoms with Crippen molar-refractivity contribution in [1.82, 2.24) is 10.1 Å². The van der Waals surface area contributed by atoms with Crippen LogP contribution < -0.4 is 0 Å². The van der Waals surface area contributed by atoms with E-state index in [0.29, 0.717) is 65.3 Å². The molecule has 4 rings (SSSR count). The van der Waals surface area contributed by atoms with Crippen molar-refractivity contribution >= 4 is 0 Å². The van der Waals surface area contributed by atoms with Gasteiger partial charge in [-0.3, -0.25) is 0 Å². The lowest BCUT2D eigenvalue weighted by Gasteiger charge is -2.59. The Kier molecular flexibility index (Phi) is 14.0. The minimum atomic E-state index is -0.697. The van der Waals surface area contributed by atoms with Gasteiger partial charge in [0.05, 0.1) is 50.7 Å². The monoisotopic (exact) mass is 711 g/mol. The van der Waals surface area contributed by atoms with Crippen molar-refractivity contribution in [3.8, 4) is 0 Å². The zero-order valence-corrected chi connectivity index (χ0v) is 33.7. The summed E-state index contributed by atoms with van der Waals surface area (Å²) < 4.78 is 38.8. The van der Waals surface area contributed by atoms with E-state index in [2.05, 4.69) is 41.5 Å². The summed E-state index contributed by atoms with van der Waals surface area (Å²) in [5.74, 6) is -1.39. The van der Waals surface area contributed by atoms with Gasteiger partial charge in [-0.05, 0) is 79.1 Å². The Morgan fingerprint density at radius 3 is 1.08 bits per heavy atom. The molecule has 0 aliphatic carbocycles. The molecule has 0 aromatic carbocycles. The Hall–Kier alpha value is -0.400. The second-order valence-corrected chi connectivity index (χ2v) is 18.0. The Bertz CT molecular complexity index is 960. The fourth-order valence-corrected chi connectivity index (χ4v) is 9.42. The van der Waals surface area contributed by atoms with Crippen LogP contribution in [0.15, 0.2) is 0 Å². The lowest BCUT2D eigenvalue weighted by Crippen LogP contribution is -2.68. The van der Waals surface area contributed by atoms with Crippen LogP contribution in [0.3, 0.4) is 0 Å². The first-order valence-corrected chi connectivity index (χ1v) is 20.2. The number of rotatable bonds is 17. The SMILES string of the molecule is CCC1(COCCCCCCOCC2(CC)COC3(CC(C)(C)N([O])C(CC)(CC)C3)OC2)COC2(CC(C)(C)N([O])C(CC)(CC)C2)OC1. The first-order chi connectivity index (χ1) is 23.5. The fraction of sp³-hybridized carbons (Fsp3) is 1.00. The highest BCUT2D eigenvalue weighted by molar-refractivity contribution is 5.06. The number of ether oxygens (including phenoxy) is 6. The maximum absolute atomic E-state index is 13.3. The molecule has 2 spiro atoms. The average Bonchev–Trinajstić information content (AvgIpc) is 3.11. The van der Waals surface area contributed by atoms with E-state index >= 15 is 0 Å². The van der Waals surface area contributed by atoms with Gasteiger partial charge in [0.1, 0.15) is 0 Å². The molecule has 4 fully saturated rings. The molecule has 0 amide bonds. The molecular formula is C40H74N2O8. The Morgan fingerprint density at radius 1 is 0.480 bits per heavy atom. The second kappa shape index (κ2) is 16.5. The van der Waals surface area contributed by atoms with Crippen LogP contribution >= 0.6 is 0 Å². The standard InChI is InChI=1S/C40H74N2O8/c1-11-35(29-47-39(48-30-35)23-33(7,8)41(43)37(13-3,14-4)25-39)27-45-21-19-17-18-20-22-46-28-36(12-2)31-49-40(50-32-36)24-34(9,10)42(44)38(15-5,16-6)26-40/h11-32H2,1-10H3. The third-order valence-corrected chi connectivity index (χ3v) is 13.4. The fourth-order valence-electron chi connectivity index (χ4n) is 9.42. The summed E-state index contributed by atoms with van der Waals surface area (Å²) in [6.07, 6.45) is 11.6. The van der Waals surface area contributed by atoms with Crippen molar-refractivity contribution in [3.63, 3.8) is 0 Å². The zero-order chi connectivity index (χ0) is 37.0. The van der Waals surface area contributed by atoms with Gasteiger partial charge in [-0.1, -0.05) is 54.4 Å². The minimum absolute atomic E-state index is 0.154. The summed E-state index contributed by atoms with van der Waals surface area (Å²) in [7, 11) is 0. The summed E-state index contributed by atoms with van der Waals surface area (Å²) in [5, 5.41) is 29.3. The second-order valence-electron chi connectivity index (χ2n) is 18.0. The normalized spacial score (nSPS) is 31.7. The first-order valence-electron chi connectivity index (χ1n) is 20.2. The summed E-state index contributed by atoms with van der Waals surface area (Å²) >= 11 is 0. The van der Waals surface area contributed by atoms with Gasteiger partial charge in [-0.2, -0.15) is 0 Å². The third kappa shape index (κ3) is 8.76. The highest BCUT2D eigenvalue weighted by Crippen LogP contribution is 2.52. The van der Waals surface area contributed by atoms with Gasteiger partial charge < -0.3 is 28.4 Å². The number of hydrogen-bond donors (Lipinski definition) is 0. The van der Waals surface area contributed by atoms with Crippen LogP contribution in [0.25, 0.3) is 0 Å². The molecule has 4 aliphatic heterocycles. The molecule has 10 heteroatoms. The van der Waals surface area contributed by atoms with E-state index in [1.54, 1.807) is 0 Å². The zero-order valence-electron chi connectivity index (χ0n) is 33.7. The van der Waals surface area contributed by atoms with E-state index < -0.39 is 33.7 Å². The molecule has 0 saturated carbocycles. The van der Waals surface area contributed by atoms with Crippen LogP contribution in [0.1, 0.15) is 159 Å². The number of unbranched alkanes of at least 4 members (excludes halogenated alkanes) is 3. The van der Waals surface area contributed by atoms with Gasteiger partial charge in [0.25, 0.3) is 0 Å². The van der Waals surface area contributed by atoms with Crippen LogP contribution in [0.5, 0.6) is 0 Å². The van der Waals surface area contributed by atoms with Gasteiger partial charge in [-0.15, -0.1) is 20.5 Å². The number of hydroxylamine groups is 4. The van der Waals surface area contributed by atoms with Crippen LogP contribution in [-0.4, -0.2) is 96.7 Å². The van der Waals surface area contributed by atoms with Crippen molar-refractivity contribution in [1.29, 1.82) is 0 Å². The molecule has 0 aromatic heterocycles. The van der Waals surface area contributed by atoms with Crippen molar-refractivity contribution in [2.45, 2.75) is 193 Å². The maximum atomic E-state index is 13.3. The van der Waals surface area contributed by atoms with Gasteiger partial charge in [-0.25, -0.2) is 0 Å². The molecule has 50 heavy (non-hydrogen) atoms. The van der Waals surface area contributed by atoms with Gasteiger partial charge in [0.15, 0.2) is 11.6 Å². The molecule has 292 valence electrons. The van der Waals surface area contributed by atoms with Crippen LogP contribution in [0.2, 0.25) is 0 Å². The maximum Gasteiger partial charge on any atom is 0.172 e. The number of hydrogen-bond acceptors (Lipinski definition) is 8. The molecule has 2 radical (unpaired) electrons. The quantitative estimate of drug-likeness (QED) is 0.139. The predicted molar refractivity (Wildman–Crippen MR) is 193 cm³/mol. The van der Waals surface area contributed by atoms with E-state index in [1.807, 2.05) is 27.7 Å². The van der Waals surface area contributed by atoms with Crippen LogP contribution in [0, 0.1) is 10.8 Å². The summed E-state index contributed by atoms with van der Waals surface area (Å²) in [6.45, 7) is 26.0. The Balaban J connectivity index is 1.12. The lowest BCUT2D eigenvalue weighted by molar-refractivity contribution is -0.394. The van der Waals surface area contributed by atoms with Crippen LogP contribution in [0.4, 0.5) is 0 Å². The number of nitrogens with zero attached hydrogens (tertiary/aromatic N) is 2. The lowest BCUT2D eigenvalue weighted by atomic mass is 9.72. The molecule has 0 aromatic rings. The first kappa shape index (κ1) is 42.3. The van der Waals surface area contributed by atoms with E-state index in [4.69, 9.17) is 28.4 Å².